The van der Waals surface area contributed by atoms with E-state index < -0.39 is 18.2 Å². The zero-order valence-corrected chi connectivity index (χ0v) is 12.9. The molecule has 1 aromatic carbocycles. The van der Waals surface area contributed by atoms with Gasteiger partial charge < -0.3 is 14.4 Å². The highest BCUT2D eigenvalue weighted by molar-refractivity contribution is 5.77. The van der Waals surface area contributed by atoms with Gasteiger partial charge in [0.25, 0.3) is 0 Å². The van der Waals surface area contributed by atoms with E-state index in [1.165, 1.54) is 12.3 Å². The molecule has 1 aliphatic heterocycles. The third-order valence-electron chi connectivity index (χ3n) is 3.96. The maximum atomic E-state index is 13.3. The fraction of sp³-hybridized carbons (Fsp3) is 0.375. The predicted octanol–water partition coefficient (Wildman–Crippen LogP) is 1.26. The average molecular weight is 337 g/mol. The molecule has 24 heavy (non-hydrogen) atoms. The van der Waals surface area contributed by atoms with E-state index in [-0.39, 0.29) is 11.8 Å². The molecule has 6 nitrogen and oxygen atoms in total. The molecule has 3 rings (SSSR count). The average Bonchev–Trinajstić information content (AvgIpc) is 3.06. The van der Waals surface area contributed by atoms with Crippen molar-refractivity contribution in [1.82, 2.24) is 14.8 Å². The lowest BCUT2D eigenvalue weighted by molar-refractivity contribution is -0.136. The first-order valence-corrected chi connectivity index (χ1v) is 7.57. The highest BCUT2D eigenvalue weighted by atomic mass is 19.2. The molecule has 1 aromatic heterocycles. The Bertz CT molecular complexity index is 727. The summed E-state index contributed by atoms with van der Waals surface area (Å²) in [5.74, 6) is -1.90. The van der Waals surface area contributed by atoms with Crippen LogP contribution in [-0.4, -0.2) is 58.6 Å². The smallest absolute Gasteiger partial charge is 0.248 e. The van der Waals surface area contributed by atoms with Crippen molar-refractivity contribution in [2.45, 2.75) is 6.54 Å². The Morgan fingerprint density at radius 1 is 1.21 bits per heavy atom. The molecule has 1 aliphatic rings. The number of amides is 1. The van der Waals surface area contributed by atoms with E-state index in [1.807, 2.05) is 0 Å². The van der Waals surface area contributed by atoms with E-state index in [9.17, 15) is 13.6 Å². The quantitative estimate of drug-likeness (QED) is 0.909. The van der Waals surface area contributed by atoms with Crippen LogP contribution in [0.25, 0.3) is 11.5 Å². The number of aliphatic hydroxyl groups excluding tert-OH is 1. The van der Waals surface area contributed by atoms with Crippen molar-refractivity contribution in [2.24, 2.45) is 0 Å². The van der Waals surface area contributed by atoms with Crippen molar-refractivity contribution in [3.8, 4) is 11.5 Å². The number of rotatable bonds is 4. The molecule has 0 atom stereocenters. The number of hydrogen-bond acceptors (Lipinski definition) is 5. The summed E-state index contributed by atoms with van der Waals surface area (Å²) in [5, 5.41) is 8.86. The molecule has 0 radical (unpaired) electrons. The van der Waals surface area contributed by atoms with Crippen LogP contribution in [0.1, 0.15) is 5.69 Å². The summed E-state index contributed by atoms with van der Waals surface area (Å²) in [5.41, 5.74) is 1.05. The third-order valence-corrected chi connectivity index (χ3v) is 3.96. The van der Waals surface area contributed by atoms with Gasteiger partial charge >= 0.3 is 0 Å². The van der Waals surface area contributed by atoms with Gasteiger partial charge in [-0.05, 0) is 18.2 Å². The van der Waals surface area contributed by atoms with Crippen LogP contribution in [0.15, 0.2) is 28.9 Å². The van der Waals surface area contributed by atoms with Gasteiger partial charge in [-0.1, -0.05) is 0 Å². The van der Waals surface area contributed by atoms with Crippen LogP contribution in [-0.2, 0) is 11.3 Å². The summed E-state index contributed by atoms with van der Waals surface area (Å²) in [6.45, 7) is 2.49. The maximum Gasteiger partial charge on any atom is 0.248 e. The Kier molecular flexibility index (Phi) is 4.86. The number of halogens is 2. The summed E-state index contributed by atoms with van der Waals surface area (Å²) in [4.78, 5) is 19.4. The predicted molar refractivity (Wildman–Crippen MR) is 80.8 cm³/mol. The van der Waals surface area contributed by atoms with E-state index in [4.69, 9.17) is 9.52 Å². The normalized spacial score (nSPS) is 15.7. The standard InChI is InChI=1S/C16H17F2N3O3/c17-13-2-1-11(7-14(13)18)16-19-12(10-24-16)8-20-3-5-21(6-4-20)15(23)9-22/h1-2,7,10,22H,3-6,8-9H2. The second-order valence-corrected chi connectivity index (χ2v) is 5.59. The van der Waals surface area contributed by atoms with Gasteiger partial charge in [0.15, 0.2) is 11.6 Å². The fourth-order valence-corrected chi connectivity index (χ4v) is 2.63. The molecular weight excluding hydrogens is 320 g/mol. The molecule has 1 fully saturated rings. The molecule has 0 bridgehead atoms. The second-order valence-electron chi connectivity index (χ2n) is 5.59. The van der Waals surface area contributed by atoms with Gasteiger partial charge in [0, 0.05) is 38.3 Å². The molecule has 0 aliphatic carbocycles. The van der Waals surface area contributed by atoms with Gasteiger partial charge in [0.05, 0.1) is 5.69 Å². The van der Waals surface area contributed by atoms with Crippen molar-refractivity contribution in [1.29, 1.82) is 0 Å². The minimum atomic E-state index is -0.947. The van der Waals surface area contributed by atoms with Crippen molar-refractivity contribution >= 4 is 5.91 Å². The molecular formula is C16H17F2N3O3. The van der Waals surface area contributed by atoms with Crippen molar-refractivity contribution in [3.05, 3.63) is 41.8 Å². The van der Waals surface area contributed by atoms with Crippen LogP contribution in [0, 0.1) is 11.6 Å². The van der Waals surface area contributed by atoms with Gasteiger partial charge in [-0.15, -0.1) is 0 Å². The monoisotopic (exact) mass is 337 g/mol. The number of benzene rings is 1. The Hall–Kier alpha value is -2.32. The fourth-order valence-electron chi connectivity index (χ4n) is 2.63. The molecule has 128 valence electrons. The largest absolute Gasteiger partial charge is 0.444 e. The van der Waals surface area contributed by atoms with Crippen LogP contribution in [0.2, 0.25) is 0 Å². The number of oxazole rings is 1. The summed E-state index contributed by atoms with van der Waals surface area (Å²) in [7, 11) is 0. The van der Waals surface area contributed by atoms with Crippen molar-refractivity contribution < 1.29 is 23.1 Å². The molecule has 1 saturated heterocycles. The first kappa shape index (κ1) is 16.5. The highest BCUT2D eigenvalue weighted by Gasteiger charge is 2.21. The van der Waals surface area contributed by atoms with E-state index in [1.54, 1.807) is 4.90 Å². The number of piperazine rings is 1. The first-order valence-electron chi connectivity index (χ1n) is 7.57. The van der Waals surface area contributed by atoms with Gasteiger partial charge in [-0.2, -0.15) is 0 Å². The van der Waals surface area contributed by atoms with Gasteiger partial charge in [0.2, 0.25) is 11.8 Å². The minimum Gasteiger partial charge on any atom is -0.444 e. The van der Waals surface area contributed by atoms with Gasteiger partial charge in [0.1, 0.15) is 12.9 Å². The summed E-state index contributed by atoms with van der Waals surface area (Å²) in [6.07, 6.45) is 1.49. The Morgan fingerprint density at radius 3 is 2.62 bits per heavy atom. The third kappa shape index (κ3) is 3.60. The SMILES string of the molecule is O=C(CO)N1CCN(Cc2coc(-c3ccc(F)c(F)c3)n2)CC1. The molecule has 2 aromatic rings. The van der Waals surface area contributed by atoms with Crippen LogP contribution >= 0.6 is 0 Å². The Morgan fingerprint density at radius 2 is 1.96 bits per heavy atom. The summed E-state index contributed by atoms with van der Waals surface area (Å²) in [6, 6.07) is 3.49. The van der Waals surface area contributed by atoms with Gasteiger partial charge in [-0.3, -0.25) is 9.69 Å². The molecule has 0 spiro atoms. The highest BCUT2D eigenvalue weighted by Crippen LogP contribution is 2.21. The van der Waals surface area contributed by atoms with E-state index >= 15 is 0 Å². The number of aliphatic hydroxyl groups is 1. The van der Waals surface area contributed by atoms with Crippen LogP contribution in [0.3, 0.4) is 0 Å². The number of hydrogen-bond donors (Lipinski definition) is 1. The molecule has 1 N–H and O–H groups in total. The van der Waals surface area contributed by atoms with Crippen LogP contribution in [0.5, 0.6) is 0 Å². The van der Waals surface area contributed by atoms with E-state index in [0.717, 1.165) is 12.1 Å². The molecule has 1 amide bonds. The van der Waals surface area contributed by atoms with Crippen molar-refractivity contribution in [2.75, 3.05) is 32.8 Å². The van der Waals surface area contributed by atoms with Crippen LogP contribution in [0.4, 0.5) is 8.78 Å². The Labute approximate surface area is 137 Å². The number of nitrogens with zero attached hydrogens (tertiary/aromatic N) is 3. The van der Waals surface area contributed by atoms with E-state index in [0.29, 0.717) is 44.0 Å². The molecule has 8 heteroatoms. The number of carbonyl (C=O) groups excluding carboxylic acids is 1. The molecule has 0 unspecified atom stereocenters. The van der Waals surface area contributed by atoms with Gasteiger partial charge in [-0.25, -0.2) is 13.8 Å². The Balaban J connectivity index is 1.61. The number of aromatic nitrogens is 1. The lowest BCUT2D eigenvalue weighted by Gasteiger charge is -2.33. The zero-order chi connectivity index (χ0) is 17.1. The lowest BCUT2D eigenvalue weighted by Crippen LogP contribution is -2.49. The second kappa shape index (κ2) is 7.06. The first-order chi connectivity index (χ1) is 11.6. The summed E-state index contributed by atoms with van der Waals surface area (Å²) >= 11 is 0. The molecule has 0 saturated carbocycles. The zero-order valence-electron chi connectivity index (χ0n) is 12.9. The van der Waals surface area contributed by atoms with E-state index in [2.05, 4.69) is 9.88 Å². The number of carbonyl (C=O) groups is 1. The molecule has 2 heterocycles. The summed E-state index contributed by atoms with van der Waals surface area (Å²) < 4.78 is 31.6. The maximum absolute atomic E-state index is 13.3. The topological polar surface area (TPSA) is 69.8 Å². The lowest BCUT2D eigenvalue weighted by atomic mass is 10.2. The van der Waals surface area contributed by atoms with Crippen LogP contribution < -0.4 is 0 Å². The minimum absolute atomic E-state index is 0.234. The van der Waals surface area contributed by atoms with Crippen molar-refractivity contribution in [3.63, 3.8) is 0 Å².